The molecule has 0 aliphatic carbocycles. The lowest BCUT2D eigenvalue weighted by molar-refractivity contribution is 1.25. The molecule has 0 bridgehead atoms. The second kappa shape index (κ2) is 19.2. The molecule has 0 aliphatic rings. The predicted molar refractivity (Wildman–Crippen MR) is 291 cm³/mol. The molecule has 0 saturated heterocycles. The number of fused-ring (bicyclic) bond motifs is 1. The van der Waals surface area contributed by atoms with Crippen LogP contribution in [0.25, 0.3) is 58.4 Å². The van der Waals surface area contributed by atoms with Gasteiger partial charge in [0.05, 0.1) is 0 Å². The molecule has 0 atom stereocenters. The summed E-state index contributed by atoms with van der Waals surface area (Å²) in [5.74, 6) is 0. The van der Waals surface area contributed by atoms with E-state index in [0.717, 1.165) is 0 Å². The molecule has 0 heteroatoms. The van der Waals surface area contributed by atoms with Crippen molar-refractivity contribution in [3.63, 3.8) is 0 Å². The van der Waals surface area contributed by atoms with Crippen LogP contribution in [0, 0.1) is 83.1 Å². The maximum absolute atomic E-state index is 2.38. The zero-order chi connectivity index (χ0) is 46.8. The van der Waals surface area contributed by atoms with Crippen LogP contribution in [0.15, 0.2) is 133 Å². The second-order valence-electron chi connectivity index (χ2n) is 19.0. The molecule has 8 aromatic carbocycles. The summed E-state index contributed by atoms with van der Waals surface area (Å²) in [5.41, 5.74) is 30.7. The van der Waals surface area contributed by atoms with Crippen LogP contribution in [0.3, 0.4) is 0 Å². The first-order chi connectivity index (χ1) is 31.6. The number of hydrogen-bond acceptors (Lipinski definition) is 0. The highest BCUT2D eigenvalue weighted by molar-refractivity contribution is 6.00. The molecule has 0 saturated carbocycles. The Labute approximate surface area is 395 Å². The van der Waals surface area contributed by atoms with Crippen LogP contribution in [0.4, 0.5) is 0 Å². The Hall–Kier alpha value is -7.02. The molecule has 8 aromatic rings. The monoisotopic (exact) mass is 857 g/mol. The number of benzene rings is 8. The third-order valence-electron chi connectivity index (χ3n) is 13.2. The SMILES string of the molecule is Cc1cc(C)c(C(=Cc2ccc(/C=C/c3ccc(/C=C/c4ccc(C=C(c5c(C)cc(C)cc5C)c5c(C)cc(C)cc5C)cc4)c4ccccc34)cc2)c2c(C)cc(C)cc2C)c(C)c1. The van der Waals surface area contributed by atoms with Gasteiger partial charge in [-0.05, 0) is 217 Å². The third kappa shape index (κ3) is 9.80. The molecule has 0 spiro atoms. The van der Waals surface area contributed by atoms with Gasteiger partial charge < -0.3 is 0 Å². The maximum Gasteiger partial charge on any atom is -0.00948 e. The van der Waals surface area contributed by atoms with Gasteiger partial charge in [0, 0.05) is 0 Å². The van der Waals surface area contributed by atoms with Crippen molar-refractivity contribution in [1.29, 1.82) is 0 Å². The highest BCUT2D eigenvalue weighted by atomic mass is 14.2. The van der Waals surface area contributed by atoms with Crippen LogP contribution in [0.2, 0.25) is 0 Å². The molecule has 0 aliphatic heterocycles. The summed E-state index contributed by atoms with van der Waals surface area (Å²) in [6.45, 7) is 26.7. The van der Waals surface area contributed by atoms with E-state index in [1.54, 1.807) is 0 Å². The Kier molecular flexibility index (Phi) is 13.3. The molecule has 0 fully saturated rings. The Morgan fingerprint density at radius 3 is 0.773 bits per heavy atom. The number of hydrogen-bond donors (Lipinski definition) is 0. The standard InChI is InChI=1S/C66H64/c1-41-31-45(5)63(46(6)32-41)61(64-47(7)33-42(2)34-48(64)8)39-55-21-17-53(18-22-55)25-27-57-29-30-58(60-16-14-13-15-59(57)60)28-26-54-19-23-56(24-20-54)40-62(65-49(9)35-43(3)36-50(65)10)66-51(11)37-44(4)38-52(66)12/h13-40H,1-12H3/b27-25+,28-26+. The normalized spacial score (nSPS) is 11.5. The van der Waals surface area contributed by atoms with Crippen molar-refractivity contribution in [2.75, 3.05) is 0 Å². The molecule has 8 rings (SSSR count). The zero-order valence-corrected chi connectivity index (χ0v) is 41.2. The van der Waals surface area contributed by atoms with Crippen molar-refractivity contribution in [3.8, 4) is 0 Å². The van der Waals surface area contributed by atoms with Gasteiger partial charge in [0.15, 0.2) is 0 Å². The molecule has 0 heterocycles. The van der Waals surface area contributed by atoms with Gasteiger partial charge in [-0.1, -0.05) is 180 Å². The summed E-state index contributed by atoms with van der Waals surface area (Å²) in [7, 11) is 0. The van der Waals surface area contributed by atoms with Gasteiger partial charge in [-0.2, -0.15) is 0 Å². The Bertz CT molecular complexity index is 2830. The van der Waals surface area contributed by atoms with Crippen LogP contribution >= 0.6 is 0 Å². The summed E-state index contributed by atoms with van der Waals surface area (Å²) in [5, 5.41) is 2.48. The van der Waals surface area contributed by atoms with Gasteiger partial charge >= 0.3 is 0 Å². The van der Waals surface area contributed by atoms with E-state index < -0.39 is 0 Å². The minimum atomic E-state index is 1.17. The van der Waals surface area contributed by atoms with Gasteiger partial charge in [-0.25, -0.2) is 0 Å². The van der Waals surface area contributed by atoms with Crippen LogP contribution < -0.4 is 0 Å². The summed E-state index contributed by atoms with van der Waals surface area (Å²) < 4.78 is 0. The quantitative estimate of drug-likeness (QED) is 0.120. The molecule has 66 heavy (non-hydrogen) atoms. The van der Waals surface area contributed by atoms with Crippen molar-refractivity contribution < 1.29 is 0 Å². The molecule has 0 radical (unpaired) electrons. The Morgan fingerprint density at radius 2 is 0.515 bits per heavy atom. The highest BCUT2D eigenvalue weighted by Gasteiger charge is 2.18. The molecule has 0 nitrogen and oxygen atoms in total. The van der Waals surface area contributed by atoms with E-state index in [0.29, 0.717) is 0 Å². The minimum Gasteiger partial charge on any atom is -0.0616 e. The fourth-order valence-corrected chi connectivity index (χ4v) is 10.7. The van der Waals surface area contributed by atoms with Gasteiger partial charge in [0.25, 0.3) is 0 Å². The van der Waals surface area contributed by atoms with Crippen LogP contribution in [-0.4, -0.2) is 0 Å². The number of rotatable bonds is 10. The van der Waals surface area contributed by atoms with Crippen LogP contribution in [-0.2, 0) is 0 Å². The van der Waals surface area contributed by atoms with Gasteiger partial charge in [0.1, 0.15) is 0 Å². The molecule has 328 valence electrons. The lowest BCUT2D eigenvalue weighted by atomic mass is 9.84. The van der Waals surface area contributed by atoms with Gasteiger partial charge in [0.2, 0.25) is 0 Å². The van der Waals surface area contributed by atoms with Crippen molar-refractivity contribution >= 4 is 58.4 Å². The predicted octanol–water partition coefficient (Wildman–Crippen LogP) is 18.1. The Balaban J connectivity index is 1.05. The van der Waals surface area contributed by atoms with E-state index in [1.165, 1.54) is 144 Å². The average Bonchev–Trinajstić information content (AvgIpc) is 3.24. The van der Waals surface area contributed by atoms with E-state index in [4.69, 9.17) is 0 Å². The molecule has 0 amide bonds. The van der Waals surface area contributed by atoms with Crippen LogP contribution in [0.1, 0.15) is 122 Å². The second-order valence-corrected chi connectivity index (χ2v) is 19.0. The first-order valence-electron chi connectivity index (χ1n) is 23.5. The van der Waals surface area contributed by atoms with Gasteiger partial charge in [-0.3, -0.25) is 0 Å². The zero-order valence-electron chi connectivity index (χ0n) is 41.2. The largest absolute Gasteiger partial charge is 0.0616 e. The smallest absolute Gasteiger partial charge is 0.00948 e. The average molecular weight is 857 g/mol. The van der Waals surface area contributed by atoms with Crippen molar-refractivity contribution in [2.24, 2.45) is 0 Å². The minimum absolute atomic E-state index is 1.17. The first-order valence-corrected chi connectivity index (χ1v) is 23.5. The van der Waals surface area contributed by atoms with E-state index >= 15 is 0 Å². The van der Waals surface area contributed by atoms with Crippen molar-refractivity contribution in [3.05, 3.63) is 256 Å². The Morgan fingerprint density at radius 1 is 0.273 bits per heavy atom. The summed E-state index contributed by atoms with van der Waals surface area (Å²) in [6, 6.07) is 49.7. The first kappa shape index (κ1) is 45.5. The highest BCUT2D eigenvalue weighted by Crippen LogP contribution is 2.38. The maximum atomic E-state index is 2.38. The van der Waals surface area contributed by atoms with Crippen LogP contribution in [0.5, 0.6) is 0 Å². The van der Waals surface area contributed by atoms with Crippen molar-refractivity contribution in [1.82, 2.24) is 0 Å². The van der Waals surface area contributed by atoms with E-state index in [9.17, 15) is 0 Å². The molecule has 0 aromatic heterocycles. The van der Waals surface area contributed by atoms with E-state index in [2.05, 4.69) is 253 Å². The topological polar surface area (TPSA) is 0 Å². The fourth-order valence-electron chi connectivity index (χ4n) is 10.7. The summed E-state index contributed by atoms with van der Waals surface area (Å²) in [4.78, 5) is 0. The van der Waals surface area contributed by atoms with Crippen molar-refractivity contribution in [2.45, 2.75) is 83.1 Å². The fraction of sp³-hybridized carbons (Fsp3) is 0.182. The molecular weight excluding hydrogens is 793 g/mol. The number of aryl methyl sites for hydroxylation is 12. The molecule has 0 unspecified atom stereocenters. The molecule has 0 N–H and O–H groups in total. The summed E-state index contributed by atoms with van der Waals surface area (Å²) in [6.07, 6.45) is 13.7. The van der Waals surface area contributed by atoms with E-state index in [1.807, 2.05) is 0 Å². The summed E-state index contributed by atoms with van der Waals surface area (Å²) >= 11 is 0. The lowest BCUT2D eigenvalue weighted by Crippen LogP contribution is -2.01. The van der Waals surface area contributed by atoms with Gasteiger partial charge in [-0.15, -0.1) is 0 Å². The van der Waals surface area contributed by atoms with E-state index in [-0.39, 0.29) is 0 Å². The molecular formula is C66H64. The third-order valence-corrected chi connectivity index (χ3v) is 13.2. The lowest BCUT2D eigenvalue weighted by Gasteiger charge is -2.20.